The van der Waals surface area contributed by atoms with Crippen molar-refractivity contribution in [1.82, 2.24) is 4.98 Å². The van der Waals surface area contributed by atoms with E-state index in [1.165, 1.54) is 33.3 Å². The molecule has 3 nitrogen and oxygen atoms in total. The Morgan fingerprint density at radius 2 is 1.67 bits per heavy atom. The summed E-state index contributed by atoms with van der Waals surface area (Å²) in [6, 6.07) is 22.2. The number of nitrogens with one attached hydrogen (secondary N) is 1. The van der Waals surface area contributed by atoms with Gasteiger partial charge in [-0.1, -0.05) is 91.5 Å². The highest BCUT2D eigenvalue weighted by atomic mass is 79.9. The molecule has 36 heavy (non-hydrogen) atoms. The Morgan fingerprint density at radius 3 is 2.28 bits per heavy atom. The summed E-state index contributed by atoms with van der Waals surface area (Å²) >= 11 is 9.30. The van der Waals surface area contributed by atoms with Crippen LogP contribution in [0.4, 0.5) is 0 Å². The van der Waals surface area contributed by atoms with Gasteiger partial charge in [0.05, 0.1) is 5.92 Å². The van der Waals surface area contributed by atoms with Gasteiger partial charge in [0.2, 0.25) is 0 Å². The molecule has 0 spiro atoms. The number of fused-ring (bicyclic) bond motifs is 1. The predicted octanol–water partition coefficient (Wildman–Crippen LogP) is 9.63. The molecule has 2 atom stereocenters. The van der Waals surface area contributed by atoms with Gasteiger partial charge >= 0.3 is 5.97 Å². The number of halogens is 2. The van der Waals surface area contributed by atoms with Gasteiger partial charge in [0.1, 0.15) is 5.75 Å². The quantitative estimate of drug-likeness (QED) is 0.178. The fourth-order valence-corrected chi connectivity index (χ4v) is 4.52. The first kappa shape index (κ1) is 28.0. The van der Waals surface area contributed by atoms with Gasteiger partial charge in [-0.15, -0.1) is 0 Å². The fraction of sp³-hybridized carbons (Fsp3) is 0.323. The zero-order valence-electron chi connectivity index (χ0n) is 21.7. The number of aromatic nitrogens is 1. The number of hydrogen-bond acceptors (Lipinski definition) is 2. The van der Waals surface area contributed by atoms with Crippen molar-refractivity contribution >= 4 is 44.4 Å². The van der Waals surface area contributed by atoms with Crippen molar-refractivity contribution < 1.29 is 9.53 Å². The van der Waals surface area contributed by atoms with Gasteiger partial charge in [0, 0.05) is 32.0 Å². The van der Waals surface area contributed by atoms with Crippen LogP contribution in [-0.4, -0.2) is 11.0 Å². The predicted molar refractivity (Wildman–Crippen MR) is 155 cm³/mol. The zero-order valence-corrected chi connectivity index (χ0v) is 24.0. The van der Waals surface area contributed by atoms with Crippen molar-refractivity contribution in [3.63, 3.8) is 0 Å². The number of H-pyrrole nitrogens is 1. The van der Waals surface area contributed by atoms with Crippen molar-refractivity contribution in [1.29, 1.82) is 0 Å². The Balaban J connectivity index is 0.000000223. The Hall–Kier alpha value is -2.56. The summed E-state index contributed by atoms with van der Waals surface area (Å²) in [4.78, 5) is 15.0. The van der Waals surface area contributed by atoms with E-state index in [4.69, 9.17) is 16.3 Å². The lowest BCUT2D eigenvalue weighted by Gasteiger charge is -2.14. The van der Waals surface area contributed by atoms with Gasteiger partial charge in [-0.25, -0.2) is 0 Å². The highest BCUT2D eigenvalue weighted by Crippen LogP contribution is 2.34. The number of rotatable bonds is 7. The molecule has 0 radical (unpaired) electrons. The van der Waals surface area contributed by atoms with Crippen molar-refractivity contribution in [3.8, 4) is 5.75 Å². The second-order valence-electron chi connectivity index (χ2n) is 9.27. The average molecular weight is 569 g/mol. The van der Waals surface area contributed by atoms with Crippen molar-refractivity contribution in [2.24, 2.45) is 5.92 Å². The number of benzene rings is 3. The minimum atomic E-state index is -0.199. The maximum atomic E-state index is 11.4. The van der Waals surface area contributed by atoms with E-state index in [-0.39, 0.29) is 11.9 Å². The Bertz CT molecular complexity index is 1280. The number of carbonyl (C=O) groups excluding carboxylic acids is 1. The molecule has 4 aromatic rings. The number of hydrogen-bond donors (Lipinski definition) is 1. The largest absolute Gasteiger partial charge is 0.426 e. The Morgan fingerprint density at radius 1 is 1.00 bits per heavy atom. The van der Waals surface area contributed by atoms with Crippen molar-refractivity contribution in [2.75, 3.05) is 0 Å². The molecule has 5 heteroatoms. The van der Waals surface area contributed by atoms with E-state index in [1.807, 2.05) is 13.8 Å². The first-order valence-electron chi connectivity index (χ1n) is 12.6. The molecule has 0 saturated carbocycles. The molecule has 0 bridgehead atoms. The smallest absolute Gasteiger partial charge is 0.314 e. The minimum absolute atomic E-state index is 0.0642. The van der Waals surface area contributed by atoms with Gasteiger partial charge < -0.3 is 9.72 Å². The Kier molecular flexibility index (Phi) is 10.2. The van der Waals surface area contributed by atoms with E-state index >= 15 is 0 Å². The zero-order chi connectivity index (χ0) is 26.2. The number of aromatic amines is 1. The summed E-state index contributed by atoms with van der Waals surface area (Å²) < 4.78 is 6.27. The molecule has 2 unspecified atom stereocenters. The summed E-state index contributed by atoms with van der Waals surface area (Å²) in [5.74, 6) is 0.661. The van der Waals surface area contributed by atoms with Gasteiger partial charge in [-0.2, -0.15) is 0 Å². The SMILES string of the molecule is CCC(C)C(=O)Oc1ccc(Cl)cc1.CCCc1c(C(C)c2ccc(C)cc2)[nH]c2ccc(Br)cc12. The number of aryl methyl sites for hydroxylation is 2. The highest BCUT2D eigenvalue weighted by molar-refractivity contribution is 9.10. The molecule has 0 amide bonds. The molecule has 0 fully saturated rings. The van der Waals surface area contributed by atoms with Gasteiger partial charge in [-0.05, 0) is 73.4 Å². The summed E-state index contributed by atoms with van der Waals surface area (Å²) in [5.41, 5.74) is 6.74. The lowest BCUT2D eigenvalue weighted by atomic mass is 9.92. The summed E-state index contributed by atoms with van der Waals surface area (Å²) in [5, 5.41) is 1.98. The lowest BCUT2D eigenvalue weighted by molar-refractivity contribution is -0.138. The maximum Gasteiger partial charge on any atom is 0.314 e. The molecule has 3 aromatic carbocycles. The van der Waals surface area contributed by atoms with Gasteiger partial charge in [0.15, 0.2) is 0 Å². The van der Waals surface area contributed by atoms with Crippen LogP contribution < -0.4 is 4.74 Å². The highest BCUT2D eigenvalue weighted by Gasteiger charge is 2.18. The molecule has 0 aliphatic rings. The third kappa shape index (κ3) is 7.24. The molecule has 1 aromatic heterocycles. The molecular formula is C31H35BrClNO2. The fourth-order valence-electron chi connectivity index (χ4n) is 4.04. The first-order chi connectivity index (χ1) is 17.2. The summed E-state index contributed by atoms with van der Waals surface area (Å²) in [7, 11) is 0. The second kappa shape index (κ2) is 13.1. The molecule has 0 aliphatic carbocycles. The van der Waals surface area contributed by atoms with E-state index in [2.05, 4.69) is 84.1 Å². The van der Waals surface area contributed by atoms with E-state index in [0.717, 1.165) is 23.7 Å². The van der Waals surface area contributed by atoms with Crippen LogP contribution in [0.25, 0.3) is 10.9 Å². The van der Waals surface area contributed by atoms with E-state index in [9.17, 15) is 4.79 Å². The standard InChI is InChI=1S/C20H22BrN.C11H13ClO2/c1-4-5-17-18-12-16(21)10-11-19(18)22-20(17)14(3)15-8-6-13(2)7-9-15;1-3-8(2)11(13)14-10-6-4-9(12)5-7-10/h6-12,14,22H,4-5H2,1-3H3;4-8H,3H2,1-2H3. The first-order valence-corrected chi connectivity index (χ1v) is 13.7. The topological polar surface area (TPSA) is 42.1 Å². The third-order valence-electron chi connectivity index (χ3n) is 6.46. The summed E-state index contributed by atoms with van der Waals surface area (Å²) in [6.07, 6.45) is 3.06. The van der Waals surface area contributed by atoms with Crippen LogP contribution in [0.5, 0.6) is 5.75 Å². The van der Waals surface area contributed by atoms with Crippen LogP contribution in [-0.2, 0) is 11.2 Å². The monoisotopic (exact) mass is 567 g/mol. The van der Waals surface area contributed by atoms with Crippen LogP contribution >= 0.6 is 27.5 Å². The van der Waals surface area contributed by atoms with Crippen LogP contribution in [0.15, 0.2) is 71.2 Å². The number of carbonyl (C=O) groups is 1. The van der Waals surface area contributed by atoms with E-state index < -0.39 is 0 Å². The molecular weight excluding hydrogens is 534 g/mol. The van der Waals surface area contributed by atoms with Crippen LogP contribution in [0.2, 0.25) is 5.02 Å². The molecule has 4 rings (SSSR count). The summed E-state index contributed by atoms with van der Waals surface area (Å²) in [6.45, 7) is 10.5. The molecule has 1 heterocycles. The molecule has 190 valence electrons. The van der Waals surface area contributed by atoms with Crippen LogP contribution in [0.1, 0.15) is 68.8 Å². The van der Waals surface area contributed by atoms with Gasteiger partial charge in [0.25, 0.3) is 0 Å². The normalized spacial score (nSPS) is 12.5. The van der Waals surface area contributed by atoms with Crippen molar-refractivity contribution in [2.45, 2.75) is 59.8 Å². The number of ether oxygens (including phenoxy) is 1. The van der Waals surface area contributed by atoms with E-state index in [0.29, 0.717) is 16.7 Å². The molecule has 1 N–H and O–H groups in total. The van der Waals surface area contributed by atoms with Crippen LogP contribution in [0.3, 0.4) is 0 Å². The lowest BCUT2D eigenvalue weighted by Crippen LogP contribution is -2.16. The third-order valence-corrected chi connectivity index (χ3v) is 7.20. The maximum absolute atomic E-state index is 11.4. The molecule has 0 aliphatic heterocycles. The Labute approximate surface area is 228 Å². The number of esters is 1. The van der Waals surface area contributed by atoms with Crippen molar-refractivity contribution in [3.05, 3.63) is 98.6 Å². The second-order valence-corrected chi connectivity index (χ2v) is 10.6. The average Bonchev–Trinajstić information content (AvgIpc) is 3.23. The molecule has 0 saturated heterocycles. The van der Waals surface area contributed by atoms with Crippen LogP contribution in [0, 0.1) is 12.8 Å². The van der Waals surface area contributed by atoms with E-state index in [1.54, 1.807) is 24.3 Å². The van der Waals surface area contributed by atoms with Gasteiger partial charge in [-0.3, -0.25) is 4.79 Å². The minimum Gasteiger partial charge on any atom is -0.426 e.